The predicted octanol–water partition coefficient (Wildman–Crippen LogP) is 5.14. The van der Waals surface area contributed by atoms with E-state index in [9.17, 15) is 22.8 Å². The van der Waals surface area contributed by atoms with Crippen LogP contribution >= 0.6 is 0 Å². The minimum Gasteiger partial charge on any atom is -0.466 e. The molecule has 0 saturated heterocycles. The molecule has 3 rings (SSSR count). The molecule has 1 aliphatic carbocycles. The summed E-state index contributed by atoms with van der Waals surface area (Å²) < 4.78 is 56.3. The predicted molar refractivity (Wildman–Crippen MR) is 102 cm³/mol. The molecular weight excluding hydrogens is 403 g/mol. The van der Waals surface area contributed by atoms with Crippen LogP contribution in [0.5, 0.6) is 0 Å². The average Bonchev–Trinajstić information content (AvgIpc) is 3.30. The third-order valence-corrected chi connectivity index (χ3v) is 4.61. The molecule has 9 heteroatoms. The third-order valence-electron chi connectivity index (χ3n) is 4.61. The van der Waals surface area contributed by atoms with Gasteiger partial charge in [0.05, 0.1) is 24.6 Å². The SMILES string of the molecule is CCOC(=O)C1CC1c1cc(C(F)(F)F)c2oc(CNC(=O)OC(C)(C)C)cc2c1. The standard InChI is InChI=1S/C21H24F3NO5/c1-5-28-18(26)15-9-14(15)11-6-12-7-13(10-25-19(27)30-20(2,3)4)29-17(12)16(8-11)21(22,23)24/h6-8,14-15H,5,9-10H2,1-4H3,(H,25,27). The highest BCUT2D eigenvalue weighted by Gasteiger charge is 2.46. The van der Waals surface area contributed by atoms with Gasteiger partial charge in [0.2, 0.25) is 0 Å². The summed E-state index contributed by atoms with van der Waals surface area (Å²) in [5, 5.41) is 2.72. The number of alkyl halides is 3. The summed E-state index contributed by atoms with van der Waals surface area (Å²) in [6.45, 7) is 6.89. The quantitative estimate of drug-likeness (QED) is 0.669. The number of nitrogens with one attached hydrogen (secondary N) is 1. The fourth-order valence-corrected chi connectivity index (χ4v) is 3.29. The van der Waals surface area contributed by atoms with Crippen LogP contribution in [-0.4, -0.2) is 24.3 Å². The molecule has 6 nitrogen and oxygen atoms in total. The summed E-state index contributed by atoms with van der Waals surface area (Å²) in [5.41, 5.74) is -1.50. The molecule has 0 spiro atoms. The number of ether oxygens (including phenoxy) is 2. The summed E-state index contributed by atoms with van der Waals surface area (Å²) in [6.07, 6.45) is -4.88. The molecule has 1 aliphatic rings. The fraction of sp³-hybridized carbons (Fsp3) is 0.524. The van der Waals surface area contributed by atoms with Crippen molar-refractivity contribution < 1.29 is 36.7 Å². The lowest BCUT2D eigenvalue weighted by Gasteiger charge is -2.19. The van der Waals surface area contributed by atoms with Gasteiger partial charge in [-0.1, -0.05) is 0 Å². The molecule has 2 unspecified atom stereocenters. The number of hydrogen-bond acceptors (Lipinski definition) is 5. The monoisotopic (exact) mass is 427 g/mol. The maximum Gasteiger partial charge on any atom is 0.420 e. The second-order valence-electron chi connectivity index (χ2n) is 8.25. The van der Waals surface area contributed by atoms with Crippen molar-refractivity contribution in [1.82, 2.24) is 5.32 Å². The largest absolute Gasteiger partial charge is 0.466 e. The first-order valence-electron chi connectivity index (χ1n) is 9.66. The molecule has 1 fully saturated rings. The molecule has 30 heavy (non-hydrogen) atoms. The first kappa shape index (κ1) is 22.0. The van der Waals surface area contributed by atoms with E-state index in [-0.39, 0.29) is 35.8 Å². The van der Waals surface area contributed by atoms with Crippen LogP contribution in [0.25, 0.3) is 11.0 Å². The second kappa shape index (κ2) is 7.85. The zero-order valence-corrected chi connectivity index (χ0v) is 17.2. The Bertz CT molecular complexity index is 958. The van der Waals surface area contributed by atoms with E-state index in [1.54, 1.807) is 33.8 Å². The summed E-state index contributed by atoms with van der Waals surface area (Å²) in [6, 6.07) is 4.07. The van der Waals surface area contributed by atoms with E-state index in [4.69, 9.17) is 13.9 Å². The minimum absolute atomic E-state index is 0.120. The number of amides is 1. The Morgan fingerprint density at radius 2 is 1.90 bits per heavy atom. The van der Waals surface area contributed by atoms with Crippen LogP contribution in [0.15, 0.2) is 22.6 Å². The van der Waals surface area contributed by atoms with Gasteiger partial charge < -0.3 is 19.2 Å². The summed E-state index contributed by atoms with van der Waals surface area (Å²) in [7, 11) is 0. The van der Waals surface area contributed by atoms with E-state index >= 15 is 0 Å². The first-order chi connectivity index (χ1) is 13.9. The number of alkyl carbamates (subject to hydrolysis) is 1. The number of rotatable bonds is 5. The average molecular weight is 427 g/mol. The van der Waals surface area contributed by atoms with Crippen LogP contribution < -0.4 is 5.32 Å². The Morgan fingerprint density at radius 1 is 1.20 bits per heavy atom. The number of halogens is 3. The molecule has 1 amide bonds. The van der Waals surface area contributed by atoms with Gasteiger partial charge in [0, 0.05) is 5.39 Å². The summed E-state index contributed by atoms with van der Waals surface area (Å²) >= 11 is 0. The topological polar surface area (TPSA) is 77.8 Å². The van der Waals surface area contributed by atoms with Gasteiger partial charge in [-0.05, 0) is 63.8 Å². The molecule has 1 aromatic carbocycles. The molecule has 1 heterocycles. The lowest BCUT2D eigenvalue weighted by molar-refractivity contribution is -0.144. The smallest absolute Gasteiger partial charge is 0.420 e. The fourth-order valence-electron chi connectivity index (χ4n) is 3.29. The highest BCUT2D eigenvalue weighted by atomic mass is 19.4. The Hall–Kier alpha value is -2.71. The zero-order valence-electron chi connectivity index (χ0n) is 17.2. The van der Waals surface area contributed by atoms with E-state index < -0.39 is 35.3 Å². The number of fused-ring (bicyclic) bond motifs is 1. The van der Waals surface area contributed by atoms with Crippen LogP contribution in [0.1, 0.15) is 56.9 Å². The number of carbonyl (C=O) groups excluding carboxylic acids is 2. The van der Waals surface area contributed by atoms with Crippen molar-refractivity contribution in [3.8, 4) is 0 Å². The maximum absolute atomic E-state index is 13.6. The minimum atomic E-state index is -4.63. The molecule has 2 atom stereocenters. The number of hydrogen-bond donors (Lipinski definition) is 1. The lowest BCUT2D eigenvalue weighted by atomic mass is 10.0. The maximum atomic E-state index is 13.6. The second-order valence-corrected chi connectivity index (χ2v) is 8.25. The van der Waals surface area contributed by atoms with Crippen LogP contribution in [-0.2, 0) is 27.0 Å². The van der Waals surface area contributed by atoms with Gasteiger partial charge in [0.15, 0.2) is 0 Å². The van der Waals surface area contributed by atoms with Gasteiger partial charge in [-0.25, -0.2) is 4.79 Å². The van der Waals surface area contributed by atoms with Crippen molar-refractivity contribution in [1.29, 1.82) is 0 Å². The van der Waals surface area contributed by atoms with Gasteiger partial charge in [-0.15, -0.1) is 0 Å². The van der Waals surface area contributed by atoms with Gasteiger partial charge in [-0.2, -0.15) is 13.2 Å². The van der Waals surface area contributed by atoms with Gasteiger partial charge in [-0.3, -0.25) is 4.79 Å². The van der Waals surface area contributed by atoms with Gasteiger partial charge in [0.1, 0.15) is 16.9 Å². The Kier molecular flexibility index (Phi) is 5.75. The van der Waals surface area contributed by atoms with E-state index in [1.165, 1.54) is 6.07 Å². The number of furan rings is 1. The van der Waals surface area contributed by atoms with Crippen molar-refractivity contribution in [2.24, 2.45) is 5.92 Å². The summed E-state index contributed by atoms with van der Waals surface area (Å²) in [5.74, 6) is -0.974. The summed E-state index contributed by atoms with van der Waals surface area (Å²) in [4.78, 5) is 23.7. The molecule has 0 aliphatic heterocycles. The van der Waals surface area contributed by atoms with Gasteiger partial charge >= 0.3 is 18.2 Å². The van der Waals surface area contributed by atoms with Crippen LogP contribution in [0.4, 0.5) is 18.0 Å². The van der Waals surface area contributed by atoms with E-state index in [0.29, 0.717) is 12.0 Å². The number of carbonyl (C=O) groups is 2. The van der Waals surface area contributed by atoms with E-state index in [0.717, 1.165) is 6.07 Å². The van der Waals surface area contributed by atoms with Crippen molar-refractivity contribution in [2.45, 2.75) is 58.4 Å². The van der Waals surface area contributed by atoms with Crippen molar-refractivity contribution in [3.63, 3.8) is 0 Å². The third kappa shape index (κ3) is 5.06. The van der Waals surface area contributed by atoms with Crippen LogP contribution in [0.3, 0.4) is 0 Å². The van der Waals surface area contributed by atoms with Crippen molar-refractivity contribution in [2.75, 3.05) is 6.61 Å². The highest BCUT2D eigenvalue weighted by molar-refractivity contribution is 5.84. The molecule has 1 saturated carbocycles. The molecular formula is C21H24F3NO5. The van der Waals surface area contributed by atoms with Crippen LogP contribution in [0.2, 0.25) is 0 Å². The first-order valence-corrected chi connectivity index (χ1v) is 9.66. The lowest BCUT2D eigenvalue weighted by Crippen LogP contribution is -2.32. The zero-order chi connectivity index (χ0) is 22.3. The van der Waals surface area contributed by atoms with E-state index in [1.807, 2.05) is 0 Å². The molecule has 164 valence electrons. The Morgan fingerprint density at radius 3 is 2.50 bits per heavy atom. The molecule has 1 aromatic heterocycles. The number of esters is 1. The normalized spacial score (nSPS) is 18.9. The molecule has 1 N–H and O–H groups in total. The van der Waals surface area contributed by atoms with Crippen molar-refractivity contribution in [3.05, 3.63) is 35.1 Å². The Balaban J connectivity index is 1.85. The van der Waals surface area contributed by atoms with Crippen LogP contribution in [0, 0.1) is 5.92 Å². The molecule has 2 aromatic rings. The Labute approximate surface area is 171 Å². The molecule has 0 bridgehead atoms. The molecule has 0 radical (unpaired) electrons. The van der Waals surface area contributed by atoms with E-state index in [2.05, 4.69) is 5.32 Å². The number of benzene rings is 1. The van der Waals surface area contributed by atoms with Crippen molar-refractivity contribution >= 4 is 23.0 Å². The van der Waals surface area contributed by atoms with Gasteiger partial charge in [0.25, 0.3) is 0 Å². The highest BCUT2D eigenvalue weighted by Crippen LogP contribution is 2.50.